The summed E-state index contributed by atoms with van der Waals surface area (Å²) >= 11 is 1.33. The van der Waals surface area contributed by atoms with Crippen molar-refractivity contribution in [3.63, 3.8) is 0 Å². The number of amides is 1. The number of hydrogen-bond acceptors (Lipinski definition) is 6. The van der Waals surface area contributed by atoms with E-state index >= 15 is 0 Å². The molecule has 2 heterocycles. The summed E-state index contributed by atoms with van der Waals surface area (Å²) in [4.78, 5) is 29.2. The highest BCUT2D eigenvalue weighted by Gasteiger charge is 2.15. The van der Waals surface area contributed by atoms with Crippen molar-refractivity contribution in [2.24, 2.45) is 0 Å². The number of aryl methyl sites for hydroxylation is 1. The van der Waals surface area contributed by atoms with Crippen molar-refractivity contribution in [3.05, 3.63) is 64.0 Å². The maximum Gasteiger partial charge on any atom is 0.293 e. The van der Waals surface area contributed by atoms with Crippen LogP contribution in [0, 0.1) is 6.92 Å². The van der Waals surface area contributed by atoms with Gasteiger partial charge in [-0.1, -0.05) is 23.5 Å². The predicted octanol–water partition coefficient (Wildman–Crippen LogP) is 4.36. The molecule has 1 N–H and O–H groups in total. The fourth-order valence-electron chi connectivity index (χ4n) is 2.80. The van der Waals surface area contributed by atoms with Crippen molar-refractivity contribution < 1.29 is 13.9 Å². The van der Waals surface area contributed by atoms with E-state index in [-0.39, 0.29) is 11.2 Å². The minimum Gasteiger partial charge on any atom is -0.494 e. The van der Waals surface area contributed by atoms with E-state index in [4.69, 9.17) is 9.15 Å². The number of ether oxygens (including phenoxy) is 1. The number of nitrogens with one attached hydrogen (secondary N) is 1. The molecule has 6 nitrogen and oxygen atoms in total. The van der Waals surface area contributed by atoms with Crippen molar-refractivity contribution >= 4 is 43.6 Å². The molecule has 0 atom stereocenters. The lowest BCUT2D eigenvalue weighted by Crippen LogP contribution is -2.15. The smallest absolute Gasteiger partial charge is 0.293 e. The van der Waals surface area contributed by atoms with Crippen LogP contribution in [-0.2, 0) is 0 Å². The van der Waals surface area contributed by atoms with Crippen LogP contribution in [0.25, 0.3) is 21.2 Å². The van der Waals surface area contributed by atoms with Crippen LogP contribution in [0.15, 0.2) is 51.7 Å². The second-order valence-electron chi connectivity index (χ2n) is 5.96. The van der Waals surface area contributed by atoms with Crippen LogP contribution in [0.2, 0.25) is 0 Å². The van der Waals surface area contributed by atoms with Crippen molar-refractivity contribution in [3.8, 4) is 5.75 Å². The Morgan fingerprint density at radius 1 is 1.26 bits per heavy atom. The summed E-state index contributed by atoms with van der Waals surface area (Å²) in [5, 5.41) is 3.59. The molecular formula is C20H16N2O4S. The van der Waals surface area contributed by atoms with E-state index in [1.807, 2.05) is 38.1 Å². The van der Waals surface area contributed by atoms with Gasteiger partial charge in [0.2, 0.25) is 0 Å². The van der Waals surface area contributed by atoms with E-state index < -0.39 is 5.91 Å². The van der Waals surface area contributed by atoms with Gasteiger partial charge in [0.15, 0.2) is 16.3 Å². The first kappa shape index (κ1) is 17.2. The maximum absolute atomic E-state index is 12.6. The van der Waals surface area contributed by atoms with Crippen LogP contribution in [-0.4, -0.2) is 17.5 Å². The third-order valence-electron chi connectivity index (χ3n) is 4.07. The van der Waals surface area contributed by atoms with Gasteiger partial charge in [-0.05, 0) is 43.7 Å². The molecule has 0 saturated heterocycles. The Kier molecular flexibility index (Phi) is 4.37. The van der Waals surface area contributed by atoms with Crippen molar-refractivity contribution in [1.29, 1.82) is 0 Å². The van der Waals surface area contributed by atoms with E-state index in [2.05, 4.69) is 10.3 Å². The highest BCUT2D eigenvalue weighted by atomic mass is 32.1. The molecule has 0 aliphatic rings. The summed E-state index contributed by atoms with van der Waals surface area (Å²) in [5.74, 6) is 0.194. The minimum absolute atomic E-state index is 0.0453. The molecule has 1 amide bonds. The first-order valence-electron chi connectivity index (χ1n) is 8.43. The molecule has 27 heavy (non-hydrogen) atoms. The lowest BCUT2D eigenvalue weighted by Gasteiger charge is -2.04. The van der Waals surface area contributed by atoms with Gasteiger partial charge >= 0.3 is 0 Å². The third kappa shape index (κ3) is 3.29. The number of carbonyl (C=O) groups is 1. The summed E-state index contributed by atoms with van der Waals surface area (Å²) in [7, 11) is 0. The number of nitrogens with zero attached hydrogens (tertiary/aromatic N) is 1. The zero-order valence-electron chi connectivity index (χ0n) is 14.7. The Bertz CT molecular complexity index is 1230. The van der Waals surface area contributed by atoms with Gasteiger partial charge in [-0.15, -0.1) is 0 Å². The lowest BCUT2D eigenvalue weighted by atomic mass is 10.1. The molecule has 0 radical (unpaired) electrons. The molecule has 4 rings (SSSR count). The molecule has 0 unspecified atom stereocenters. The summed E-state index contributed by atoms with van der Waals surface area (Å²) in [6, 6.07) is 12.1. The number of fused-ring (bicyclic) bond motifs is 2. The normalized spacial score (nSPS) is 11.0. The van der Waals surface area contributed by atoms with Gasteiger partial charge in [-0.2, -0.15) is 0 Å². The molecule has 0 saturated carbocycles. The van der Waals surface area contributed by atoms with E-state index in [1.165, 1.54) is 17.4 Å². The van der Waals surface area contributed by atoms with Gasteiger partial charge in [-0.3, -0.25) is 14.9 Å². The van der Waals surface area contributed by atoms with Gasteiger partial charge in [-0.25, -0.2) is 4.98 Å². The fraction of sp³-hybridized carbons (Fsp3) is 0.150. The van der Waals surface area contributed by atoms with Crippen LogP contribution in [0.1, 0.15) is 23.0 Å². The summed E-state index contributed by atoms with van der Waals surface area (Å²) < 4.78 is 12.1. The third-order valence-corrected chi connectivity index (χ3v) is 5.00. The van der Waals surface area contributed by atoms with E-state index in [0.717, 1.165) is 21.5 Å². The zero-order chi connectivity index (χ0) is 19.0. The lowest BCUT2D eigenvalue weighted by molar-refractivity contribution is 0.0997. The molecule has 0 aliphatic carbocycles. The van der Waals surface area contributed by atoms with Crippen LogP contribution >= 0.6 is 11.3 Å². The van der Waals surface area contributed by atoms with Crippen LogP contribution in [0.3, 0.4) is 0 Å². The number of para-hydroxylation sites is 1. The second kappa shape index (κ2) is 6.85. The second-order valence-corrected chi connectivity index (χ2v) is 6.99. The topological polar surface area (TPSA) is 81.4 Å². The molecule has 7 heteroatoms. The molecule has 4 aromatic rings. The number of thiazole rings is 1. The highest BCUT2D eigenvalue weighted by molar-refractivity contribution is 7.22. The first-order chi connectivity index (χ1) is 13.0. The molecule has 0 spiro atoms. The van der Waals surface area contributed by atoms with E-state index in [9.17, 15) is 9.59 Å². The van der Waals surface area contributed by atoms with Gasteiger partial charge in [0.25, 0.3) is 5.91 Å². The van der Waals surface area contributed by atoms with Crippen molar-refractivity contribution in [2.75, 3.05) is 11.9 Å². The number of carbonyl (C=O) groups excluding carboxylic acids is 1. The highest BCUT2D eigenvalue weighted by Crippen LogP contribution is 2.29. The Balaban J connectivity index is 1.66. The average molecular weight is 380 g/mol. The Morgan fingerprint density at radius 2 is 2.11 bits per heavy atom. The fourth-order valence-corrected chi connectivity index (χ4v) is 3.69. The standard InChI is InChI=1S/C20H16N2O4S/c1-3-25-12-7-8-14-17(9-12)27-20(21-14)22-19(24)16-10-15(23)13-6-4-5-11(2)18(13)26-16/h4-10H,3H2,1-2H3,(H,21,22,24). The number of rotatable bonds is 4. The largest absolute Gasteiger partial charge is 0.494 e. The molecular weight excluding hydrogens is 364 g/mol. The summed E-state index contributed by atoms with van der Waals surface area (Å²) in [6.45, 7) is 4.33. The molecule has 136 valence electrons. The van der Waals surface area contributed by atoms with E-state index in [1.54, 1.807) is 12.1 Å². The van der Waals surface area contributed by atoms with Crippen LogP contribution in [0.4, 0.5) is 5.13 Å². The van der Waals surface area contributed by atoms with Crippen LogP contribution in [0.5, 0.6) is 5.75 Å². The average Bonchev–Trinajstić information content (AvgIpc) is 3.04. The number of anilines is 1. The quantitative estimate of drug-likeness (QED) is 0.569. The van der Waals surface area contributed by atoms with Gasteiger partial charge < -0.3 is 9.15 Å². The molecule has 0 bridgehead atoms. The van der Waals surface area contributed by atoms with Crippen molar-refractivity contribution in [2.45, 2.75) is 13.8 Å². The first-order valence-corrected chi connectivity index (χ1v) is 9.25. The molecule has 2 aromatic heterocycles. The molecule has 2 aromatic carbocycles. The SMILES string of the molecule is CCOc1ccc2nc(NC(=O)c3cc(=O)c4cccc(C)c4o3)sc2c1. The Morgan fingerprint density at radius 3 is 2.93 bits per heavy atom. The maximum atomic E-state index is 12.6. The van der Waals surface area contributed by atoms with Gasteiger partial charge in [0, 0.05) is 6.07 Å². The summed E-state index contributed by atoms with van der Waals surface area (Å²) in [5.41, 5.74) is 1.72. The number of aromatic nitrogens is 1. The molecule has 0 fully saturated rings. The monoisotopic (exact) mass is 380 g/mol. The predicted molar refractivity (Wildman–Crippen MR) is 106 cm³/mol. The number of hydrogen-bond donors (Lipinski definition) is 1. The minimum atomic E-state index is -0.513. The number of benzene rings is 2. The Hall–Kier alpha value is -3.19. The summed E-state index contributed by atoms with van der Waals surface area (Å²) in [6.07, 6.45) is 0. The Labute approximate surface area is 158 Å². The van der Waals surface area contributed by atoms with Gasteiger partial charge in [0.1, 0.15) is 11.3 Å². The van der Waals surface area contributed by atoms with Crippen molar-refractivity contribution in [1.82, 2.24) is 4.98 Å². The zero-order valence-corrected chi connectivity index (χ0v) is 15.6. The molecule has 0 aliphatic heterocycles. The van der Waals surface area contributed by atoms with Crippen LogP contribution < -0.4 is 15.5 Å². The van der Waals surface area contributed by atoms with Gasteiger partial charge in [0.05, 0.1) is 22.2 Å². The van der Waals surface area contributed by atoms with E-state index in [0.29, 0.717) is 22.7 Å².